The third kappa shape index (κ3) is 3.45. The fraction of sp³-hybridized carbons (Fsp3) is 0.400. The van der Waals surface area contributed by atoms with E-state index in [1.54, 1.807) is 6.20 Å². The van der Waals surface area contributed by atoms with Gasteiger partial charge in [-0.15, -0.1) is 0 Å². The third-order valence-corrected chi connectivity index (χ3v) is 4.81. The van der Waals surface area contributed by atoms with E-state index in [0.717, 1.165) is 24.5 Å². The number of aromatic nitrogens is 1. The van der Waals surface area contributed by atoms with Crippen molar-refractivity contribution in [2.45, 2.75) is 38.5 Å². The van der Waals surface area contributed by atoms with E-state index in [1.807, 2.05) is 43.3 Å². The number of fused-ring (bicyclic) bond motifs is 1. The quantitative estimate of drug-likeness (QED) is 0.915. The predicted molar refractivity (Wildman–Crippen MR) is 98.5 cm³/mol. The highest BCUT2D eigenvalue weighted by atomic mass is 16.6. The fourth-order valence-corrected chi connectivity index (χ4v) is 3.39. The van der Waals surface area contributed by atoms with Gasteiger partial charge in [0.25, 0.3) is 5.91 Å². The van der Waals surface area contributed by atoms with Crippen LogP contribution in [0, 0.1) is 0 Å². The normalized spacial score (nSPS) is 21.5. The molecule has 1 aromatic heterocycles. The summed E-state index contributed by atoms with van der Waals surface area (Å²) in [5.41, 5.74) is 1.03. The molecule has 2 aromatic rings. The van der Waals surface area contributed by atoms with Crippen molar-refractivity contribution in [3.8, 4) is 11.5 Å². The molecule has 1 amide bonds. The molecule has 2 aliphatic heterocycles. The molecule has 0 aliphatic carbocycles. The summed E-state index contributed by atoms with van der Waals surface area (Å²) in [4.78, 5) is 19.3. The molecule has 26 heavy (non-hydrogen) atoms. The Morgan fingerprint density at radius 3 is 2.69 bits per heavy atom. The maximum absolute atomic E-state index is 12.6. The van der Waals surface area contributed by atoms with Crippen molar-refractivity contribution in [1.82, 2.24) is 10.3 Å². The molecule has 1 N–H and O–H groups in total. The average Bonchev–Trinajstić information content (AvgIpc) is 3.20. The van der Waals surface area contributed by atoms with Gasteiger partial charge in [-0.05, 0) is 49.6 Å². The highest BCUT2D eigenvalue weighted by Gasteiger charge is 2.33. The van der Waals surface area contributed by atoms with Crippen LogP contribution < -0.4 is 19.7 Å². The molecule has 1 fully saturated rings. The van der Waals surface area contributed by atoms with Crippen molar-refractivity contribution in [2.24, 2.45) is 0 Å². The van der Waals surface area contributed by atoms with Gasteiger partial charge in [0.15, 0.2) is 11.5 Å². The Kier molecular flexibility index (Phi) is 4.65. The number of para-hydroxylation sites is 2. The minimum absolute atomic E-state index is 0.175. The molecule has 136 valence electrons. The molecule has 0 spiro atoms. The number of carbonyl (C=O) groups is 1. The van der Waals surface area contributed by atoms with Gasteiger partial charge < -0.3 is 19.7 Å². The monoisotopic (exact) mass is 353 g/mol. The van der Waals surface area contributed by atoms with E-state index < -0.39 is 6.10 Å². The maximum atomic E-state index is 12.6. The Morgan fingerprint density at radius 1 is 1.19 bits per heavy atom. The van der Waals surface area contributed by atoms with Gasteiger partial charge in [0.1, 0.15) is 11.9 Å². The van der Waals surface area contributed by atoms with Gasteiger partial charge in [0.05, 0.1) is 0 Å². The SMILES string of the molecule is CC1Oc2ccccc2OC1C(=O)NCc1ccnc(N2CCCC2)c1. The molecule has 6 nitrogen and oxygen atoms in total. The first-order valence-corrected chi connectivity index (χ1v) is 9.10. The molecule has 2 unspecified atom stereocenters. The van der Waals surface area contributed by atoms with E-state index in [4.69, 9.17) is 9.47 Å². The second-order valence-electron chi connectivity index (χ2n) is 6.74. The molecule has 2 aliphatic rings. The van der Waals surface area contributed by atoms with Crippen molar-refractivity contribution in [3.05, 3.63) is 48.2 Å². The number of carbonyl (C=O) groups excluding carboxylic acids is 1. The molecule has 0 saturated carbocycles. The smallest absolute Gasteiger partial charge is 0.265 e. The Hall–Kier alpha value is -2.76. The summed E-state index contributed by atoms with van der Waals surface area (Å²) < 4.78 is 11.6. The van der Waals surface area contributed by atoms with Crippen molar-refractivity contribution in [2.75, 3.05) is 18.0 Å². The number of rotatable bonds is 4. The zero-order valence-corrected chi connectivity index (χ0v) is 14.9. The summed E-state index contributed by atoms with van der Waals surface area (Å²) in [6, 6.07) is 11.4. The first-order valence-electron chi connectivity index (χ1n) is 9.10. The number of hydrogen-bond donors (Lipinski definition) is 1. The van der Waals surface area contributed by atoms with E-state index in [9.17, 15) is 4.79 Å². The predicted octanol–water partition coefficient (Wildman–Crippen LogP) is 2.53. The number of nitrogens with zero attached hydrogens (tertiary/aromatic N) is 2. The zero-order chi connectivity index (χ0) is 17.9. The summed E-state index contributed by atoms with van der Waals surface area (Å²) in [5, 5.41) is 2.96. The van der Waals surface area contributed by atoms with Crippen molar-refractivity contribution < 1.29 is 14.3 Å². The zero-order valence-electron chi connectivity index (χ0n) is 14.9. The Balaban J connectivity index is 1.39. The second kappa shape index (κ2) is 7.23. The molecule has 6 heteroatoms. The Morgan fingerprint density at radius 2 is 1.92 bits per heavy atom. The summed E-state index contributed by atoms with van der Waals surface area (Å²) in [6.07, 6.45) is 3.21. The van der Waals surface area contributed by atoms with E-state index in [1.165, 1.54) is 12.8 Å². The molecular weight excluding hydrogens is 330 g/mol. The lowest BCUT2D eigenvalue weighted by atomic mass is 10.1. The summed E-state index contributed by atoms with van der Waals surface area (Å²) in [6.45, 7) is 4.38. The molecule has 1 aromatic carbocycles. The lowest BCUT2D eigenvalue weighted by molar-refractivity contribution is -0.133. The molecule has 1 saturated heterocycles. The molecular formula is C20H23N3O3. The summed E-state index contributed by atoms with van der Waals surface area (Å²) >= 11 is 0. The van der Waals surface area contributed by atoms with Crippen LogP contribution in [-0.2, 0) is 11.3 Å². The van der Waals surface area contributed by atoms with Crippen LogP contribution in [0.3, 0.4) is 0 Å². The van der Waals surface area contributed by atoms with E-state index in [2.05, 4.69) is 15.2 Å². The topological polar surface area (TPSA) is 63.7 Å². The molecule has 3 heterocycles. The number of pyridine rings is 1. The maximum Gasteiger partial charge on any atom is 0.265 e. The number of nitrogens with one attached hydrogen (secondary N) is 1. The van der Waals surface area contributed by atoms with Crippen LogP contribution in [0.1, 0.15) is 25.3 Å². The summed E-state index contributed by atoms with van der Waals surface area (Å²) in [5.74, 6) is 2.08. The van der Waals surface area contributed by atoms with Crippen LogP contribution in [0.2, 0.25) is 0 Å². The van der Waals surface area contributed by atoms with Crippen LogP contribution in [0.15, 0.2) is 42.6 Å². The van der Waals surface area contributed by atoms with Gasteiger partial charge in [-0.25, -0.2) is 4.98 Å². The molecule has 0 radical (unpaired) electrons. The van der Waals surface area contributed by atoms with Crippen LogP contribution in [0.5, 0.6) is 11.5 Å². The van der Waals surface area contributed by atoms with Gasteiger partial charge in [-0.2, -0.15) is 0 Å². The fourth-order valence-electron chi connectivity index (χ4n) is 3.39. The first kappa shape index (κ1) is 16.7. The first-order chi connectivity index (χ1) is 12.7. The average molecular weight is 353 g/mol. The molecule has 4 rings (SSSR count). The third-order valence-electron chi connectivity index (χ3n) is 4.81. The van der Waals surface area contributed by atoms with Gasteiger partial charge in [-0.1, -0.05) is 12.1 Å². The standard InChI is InChI=1S/C20H23N3O3/c1-14-19(26-17-7-3-2-6-16(17)25-14)20(24)22-13-15-8-9-21-18(12-15)23-10-4-5-11-23/h2-3,6-9,12,14,19H,4-5,10-11,13H2,1H3,(H,22,24). The van der Waals surface area contributed by atoms with Gasteiger partial charge >= 0.3 is 0 Å². The van der Waals surface area contributed by atoms with E-state index >= 15 is 0 Å². The van der Waals surface area contributed by atoms with Crippen LogP contribution >= 0.6 is 0 Å². The second-order valence-corrected chi connectivity index (χ2v) is 6.74. The van der Waals surface area contributed by atoms with Crippen LogP contribution in [-0.4, -0.2) is 36.2 Å². The highest BCUT2D eigenvalue weighted by Crippen LogP contribution is 2.33. The Labute approximate surface area is 153 Å². The summed E-state index contributed by atoms with van der Waals surface area (Å²) in [7, 11) is 0. The van der Waals surface area contributed by atoms with Crippen molar-refractivity contribution in [3.63, 3.8) is 0 Å². The largest absolute Gasteiger partial charge is 0.482 e. The minimum Gasteiger partial charge on any atom is -0.482 e. The lowest BCUT2D eigenvalue weighted by Gasteiger charge is -2.31. The van der Waals surface area contributed by atoms with E-state index in [0.29, 0.717) is 18.0 Å². The van der Waals surface area contributed by atoms with Crippen LogP contribution in [0.25, 0.3) is 0 Å². The number of anilines is 1. The van der Waals surface area contributed by atoms with Crippen LogP contribution in [0.4, 0.5) is 5.82 Å². The van der Waals surface area contributed by atoms with Crippen molar-refractivity contribution >= 4 is 11.7 Å². The number of hydrogen-bond acceptors (Lipinski definition) is 5. The number of benzene rings is 1. The van der Waals surface area contributed by atoms with E-state index in [-0.39, 0.29) is 12.0 Å². The Bertz CT molecular complexity index is 789. The molecule has 2 atom stereocenters. The molecule has 0 bridgehead atoms. The number of amides is 1. The minimum atomic E-state index is -0.662. The van der Waals surface area contributed by atoms with Crippen molar-refractivity contribution in [1.29, 1.82) is 0 Å². The van der Waals surface area contributed by atoms with Gasteiger partial charge in [0, 0.05) is 25.8 Å². The van der Waals surface area contributed by atoms with Gasteiger partial charge in [-0.3, -0.25) is 4.79 Å². The van der Waals surface area contributed by atoms with Gasteiger partial charge in [0.2, 0.25) is 6.10 Å². The lowest BCUT2D eigenvalue weighted by Crippen LogP contribution is -2.48. The highest BCUT2D eigenvalue weighted by molar-refractivity contribution is 5.82. The number of ether oxygens (including phenoxy) is 2.